The second-order valence-corrected chi connectivity index (χ2v) is 3.73. The highest BCUT2D eigenvalue weighted by molar-refractivity contribution is 5.65. The van der Waals surface area contributed by atoms with Crippen molar-refractivity contribution in [2.75, 3.05) is 21.3 Å². The number of hydrogen-bond donors (Lipinski definition) is 1. The molecular formula is C12H17NO5. The quantitative estimate of drug-likeness (QED) is 0.713. The van der Waals surface area contributed by atoms with E-state index in [9.17, 15) is 9.90 Å². The van der Waals surface area contributed by atoms with Gasteiger partial charge in [0, 0.05) is 18.0 Å². The summed E-state index contributed by atoms with van der Waals surface area (Å²) in [6.45, 7) is 0. The summed E-state index contributed by atoms with van der Waals surface area (Å²) in [6, 6.07) is 2.92. The summed E-state index contributed by atoms with van der Waals surface area (Å²) in [7, 11) is 4.50. The fourth-order valence-electron chi connectivity index (χ4n) is 1.66. The average Bonchev–Trinajstić information content (AvgIpc) is 2.35. The predicted octanol–water partition coefficient (Wildman–Crippen LogP) is -0.865. The normalized spacial score (nSPS) is 11.8. The Morgan fingerprint density at radius 1 is 1.22 bits per heavy atom. The van der Waals surface area contributed by atoms with E-state index in [0.717, 1.165) is 0 Å². The minimum atomic E-state index is -1.15. The molecule has 0 radical (unpaired) electrons. The van der Waals surface area contributed by atoms with Gasteiger partial charge in [0.25, 0.3) is 0 Å². The summed E-state index contributed by atoms with van der Waals surface area (Å²) in [6.07, 6.45) is -0.168. The molecule has 1 aromatic rings. The third-order valence-corrected chi connectivity index (χ3v) is 2.57. The van der Waals surface area contributed by atoms with Crippen molar-refractivity contribution in [3.8, 4) is 17.2 Å². The minimum absolute atomic E-state index is 0.168. The molecule has 0 spiro atoms. The Morgan fingerprint density at radius 2 is 1.72 bits per heavy atom. The monoisotopic (exact) mass is 255 g/mol. The molecule has 0 heterocycles. The second-order valence-electron chi connectivity index (χ2n) is 3.73. The van der Waals surface area contributed by atoms with Crippen LogP contribution in [-0.2, 0) is 4.79 Å². The number of carbonyl (C=O) groups is 1. The highest BCUT2D eigenvalue weighted by Gasteiger charge is 2.18. The van der Waals surface area contributed by atoms with Gasteiger partial charge in [-0.1, -0.05) is 0 Å². The molecule has 0 aliphatic heterocycles. The van der Waals surface area contributed by atoms with E-state index in [-0.39, 0.29) is 6.42 Å². The third kappa shape index (κ3) is 3.04. The molecule has 18 heavy (non-hydrogen) atoms. The van der Waals surface area contributed by atoms with Crippen molar-refractivity contribution in [3.63, 3.8) is 0 Å². The van der Waals surface area contributed by atoms with Crippen LogP contribution in [-0.4, -0.2) is 27.3 Å². The van der Waals surface area contributed by atoms with Gasteiger partial charge < -0.3 is 29.8 Å². The van der Waals surface area contributed by atoms with E-state index >= 15 is 0 Å². The van der Waals surface area contributed by atoms with E-state index in [0.29, 0.717) is 22.8 Å². The molecule has 6 heteroatoms. The van der Waals surface area contributed by atoms with Crippen LogP contribution in [0.5, 0.6) is 17.2 Å². The smallest absolute Gasteiger partial charge is 0.203 e. The number of quaternary nitrogens is 1. The maximum atomic E-state index is 10.6. The lowest BCUT2D eigenvalue weighted by atomic mass is 10.0. The van der Waals surface area contributed by atoms with Gasteiger partial charge in [0.2, 0.25) is 5.75 Å². The largest absolute Gasteiger partial charge is 0.550 e. The molecule has 0 saturated heterocycles. The van der Waals surface area contributed by atoms with Crippen LogP contribution in [0.4, 0.5) is 0 Å². The highest BCUT2D eigenvalue weighted by atomic mass is 16.5. The van der Waals surface area contributed by atoms with Gasteiger partial charge in [0.05, 0.1) is 21.3 Å². The first kappa shape index (κ1) is 14.1. The number of benzene rings is 1. The van der Waals surface area contributed by atoms with Crippen molar-refractivity contribution in [1.29, 1.82) is 0 Å². The van der Waals surface area contributed by atoms with Crippen molar-refractivity contribution in [2.45, 2.75) is 12.5 Å². The molecule has 0 amide bonds. The van der Waals surface area contributed by atoms with E-state index in [4.69, 9.17) is 14.2 Å². The zero-order valence-corrected chi connectivity index (χ0v) is 10.7. The predicted molar refractivity (Wildman–Crippen MR) is 61.4 cm³/mol. The molecule has 1 atom stereocenters. The van der Waals surface area contributed by atoms with Crippen LogP contribution >= 0.6 is 0 Å². The minimum Gasteiger partial charge on any atom is -0.550 e. The molecule has 0 fully saturated rings. The Morgan fingerprint density at radius 3 is 2.06 bits per heavy atom. The Balaban J connectivity index is 3.18. The van der Waals surface area contributed by atoms with Crippen LogP contribution in [0.3, 0.4) is 0 Å². The first-order valence-corrected chi connectivity index (χ1v) is 5.36. The van der Waals surface area contributed by atoms with Crippen LogP contribution in [0.25, 0.3) is 0 Å². The van der Waals surface area contributed by atoms with Gasteiger partial charge in [-0.2, -0.15) is 0 Å². The lowest BCUT2D eigenvalue weighted by Crippen LogP contribution is -2.55. The summed E-state index contributed by atoms with van der Waals surface area (Å²) < 4.78 is 15.5. The molecule has 0 aliphatic carbocycles. The number of carbonyl (C=O) groups excluding carboxylic acids is 1. The maximum absolute atomic E-state index is 10.6. The molecule has 1 aromatic carbocycles. The van der Waals surface area contributed by atoms with Crippen LogP contribution in [0.2, 0.25) is 0 Å². The van der Waals surface area contributed by atoms with E-state index in [2.05, 4.69) is 5.73 Å². The summed E-state index contributed by atoms with van der Waals surface area (Å²) >= 11 is 0. The third-order valence-electron chi connectivity index (χ3n) is 2.57. The van der Waals surface area contributed by atoms with Gasteiger partial charge in [0.1, 0.15) is 6.04 Å². The van der Waals surface area contributed by atoms with Crippen LogP contribution in [0.1, 0.15) is 18.0 Å². The first-order chi connectivity index (χ1) is 8.53. The molecule has 6 nitrogen and oxygen atoms in total. The van der Waals surface area contributed by atoms with E-state index in [1.165, 1.54) is 21.3 Å². The fourth-order valence-corrected chi connectivity index (χ4v) is 1.66. The van der Waals surface area contributed by atoms with Crippen LogP contribution in [0.15, 0.2) is 12.1 Å². The van der Waals surface area contributed by atoms with Crippen molar-refractivity contribution >= 4 is 5.97 Å². The number of ether oxygens (including phenoxy) is 3. The van der Waals surface area contributed by atoms with Gasteiger partial charge in [0.15, 0.2) is 11.5 Å². The van der Waals surface area contributed by atoms with Crippen molar-refractivity contribution in [1.82, 2.24) is 0 Å². The molecular weight excluding hydrogens is 238 g/mol. The summed E-state index contributed by atoms with van der Waals surface area (Å²) in [4.78, 5) is 10.6. The zero-order chi connectivity index (χ0) is 13.7. The Labute approximate surface area is 105 Å². The highest BCUT2D eigenvalue weighted by Crippen LogP contribution is 2.39. The number of carboxylic acid groups (broad SMARTS) is 1. The second kappa shape index (κ2) is 6.11. The molecule has 0 aromatic heterocycles. The van der Waals surface area contributed by atoms with Crippen molar-refractivity contribution in [3.05, 3.63) is 17.7 Å². The van der Waals surface area contributed by atoms with Gasteiger partial charge in [-0.05, 0) is 12.1 Å². The number of aliphatic carboxylic acids is 1. The van der Waals surface area contributed by atoms with Gasteiger partial charge >= 0.3 is 0 Å². The standard InChI is InChI=1S/C12H17NO5/c1-16-9-4-7(8(13)6-11(14)15)5-10(17-2)12(9)18-3/h4-5,8H,6,13H2,1-3H3,(H,14,15). The van der Waals surface area contributed by atoms with Gasteiger partial charge in [-0.25, -0.2) is 0 Å². The Kier molecular flexibility index (Phi) is 4.79. The molecule has 1 rings (SSSR count). The Hall–Kier alpha value is -1.95. The fraction of sp³-hybridized carbons (Fsp3) is 0.417. The van der Waals surface area contributed by atoms with E-state index in [1.54, 1.807) is 12.1 Å². The zero-order valence-electron chi connectivity index (χ0n) is 10.7. The van der Waals surface area contributed by atoms with Crippen molar-refractivity contribution in [2.24, 2.45) is 0 Å². The maximum Gasteiger partial charge on any atom is 0.203 e. The average molecular weight is 255 g/mol. The number of methoxy groups -OCH3 is 3. The molecule has 100 valence electrons. The van der Waals surface area contributed by atoms with Crippen LogP contribution < -0.4 is 25.1 Å². The topological polar surface area (TPSA) is 95.5 Å². The molecule has 0 saturated carbocycles. The first-order valence-electron chi connectivity index (χ1n) is 5.36. The molecule has 1 unspecified atom stereocenters. The van der Waals surface area contributed by atoms with E-state index < -0.39 is 12.0 Å². The van der Waals surface area contributed by atoms with Crippen molar-refractivity contribution < 1.29 is 29.8 Å². The van der Waals surface area contributed by atoms with Gasteiger partial charge in [-0.3, -0.25) is 0 Å². The lowest BCUT2D eigenvalue weighted by molar-refractivity contribution is -0.430. The molecule has 0 aliphatic rings. The molecule has 3 N–H and O–H groups in total. The lowest BCUT2D eigenvalue weighted by Gasteiger charge is -2.16. The summed E-state index contributed by atoms with van der Waals surface area (Å²) in [5, 5.41) is 10.6. The summed E-state index contributed by atoms with van der Waals surface area (Å²) in [5.74, 6) is 0.255. The SMILES string of the molecule is COc1cc(C([NH3+])CC(=O)[O-])cc(OC)c1OC. The molecule has 0 bridgehead atoms. The Bertz CT molecular complexity index is 407. The van der Waals surface area contributed by atoms with Crippen LogP contribution in [0, 0.1) is 0 Å². The van der Waals surface area contributed by atoms with E-state index in [1.807, 2.05) is 0 Å². The number of rotatable bonds is 6. The number of hydrogen-bond acceptors (Lipinski definition) is 5. The summed E-state index contributed by atoms with van der Waals surface area (Å²) in [5.41, 5.74) is 4.47. The number of carboxylic acids is 1. The van der Waals surface area contributed by atoms with Gasteiger partial charge in [-0.15, -0.1) is 0 Å².